The fourth-order valence-corrected chi connectivity index (χ4v) is 4.47. The molecule has 0 saturated carbocycles. The van der Waals surface area contributed by atoms with Crippen LogP contribution in [0, 0.1) is 0 Å². The molecule has 0 radical (unpaired) electrons. The van der Waals surface area contributed by atoms with Crippen molar-refractivity contribution < 1.29 is 18.0 Å². The number of carbonyl (C=O) groups is 1. The Hall–Kier alpha value is -3.44. The maximum absolute atomic E-state index is 13.1. The second-order valence-electron chi connectivity index (χ2n) is 7.47. The van der Waals surface area contributed by atoms with Crippen molar-refractivity contribution in [2.45, 2.75) is 12.6 Å². The minimum atomic E-state index is -4.54. The second kappa shape index (κ2) is 8.73. The molecule has 0 bridgehead atoms. The Bertz CT molecular complexity index is 1560. The molecule has 34 heavy (non-hydrogen) atoms. The molecular weight excluding hydrogens is 493 g/mol. The zero-order valence-corrected chi connectivity index (χ0v) is 19.3. The molecule has 1 N–H and O–H groups in total. The highest BCUT2D eigenvalue weighted by Gasteiger charge is 2.31. The number of nitrogens with one attached hydrogen (secondary N) is 1. The van der Waals surface area contributed by atoms with E-state index in [1.54, 1.807) is 18.2 Å². The Kier molecular flexibility index (Phi) is 6.09. The Morgan fingerprint density at radius 1 is 1.15 bits per heavy atom. The minimum Gasteiger partial charge on any atom is -0.302 e. The maximum atomic E-state index is 13.1. The predicted octanol–water partition coefficient (Wildman–Crippen LogP) is 4.21. The zero-order chi connectivity index (χ0) is 24.8. The lowest BCUT2D eigenvalue weighted by Gasteiger charge is -2.11. The number of alkyl halides is 3. The van der Waals surface area contributed by atoms with E-state index < -0.39 is 28.9 Å². The highest BCUT2D eigenvalue weighted by molar-refractivity contribution is 7.14. The lowest BCUT2D eigenvalue weighted by atomic mass is 10.1. The zero-order valence-electron chi connectivity index (χ0n) is 17.7. The summed E-state index contributed by atoms with van der Waals surface area (Å²) in [6.45, 7) is 0. The van der Waals surface area contributed by atoms with Crippen LogP contribution in [0.15, 0.2) is 51.4 Å². The number of amides is 1. The quantitative estimate of drug-likeness (QED) is 0.447. The number of fused-ring (bicyclic) bond motifs is 1. The van der Waals surface area contributed by atoms with Crippen molar-refractivity contribution in [3.05, 3.63) is 78.8 Å². The van der Waals surface area contributed by atoms with Crippen molar-refractivity contribution in [3.8, 4) is 11.3 Å². The van der Waals surface area contributed by atoms with Crippen LogP contribution in [-0.4, -0.2) is 20.0 Å². The van der Waals surface area contributed by atoms with Crippen LogP contribution in [-0.2, 0) is 31.5 Å². The number of anilines is 1. The third kappa shape index (κ3) is 4.36. The predicted molar refractivity (Wildman–Crippen MR) is 124 cm³/mol. The number of hydrogen-bond donors (Lipinski definition) is 1. The van der Waals surface area contributed by atoms with Gasteiger partial charge >= 0.3 is 11.9 Å². The van der Waals surface area contributed by atoms with E-state index in [4.69, 9.17) is 11.6 Å². The standard InChI is InChI=1S/C22H16ClF3N4O3S/c1-29-16-5-3-4-11(18(16)19(32)30(2)21(29)33)8-17(31)28-20-27-15(10-34-20)13-9-12(22(24,25)26)6-7-14(13)23/h3-7,9-10H,8H2,1-2H3,(H,27,28,31). The summed E-state index contributed by atoms with van der Waals surface area (Å²) >= 11 is 7.09. The Morgan fingerprint density at radius 2 is 1.88 bits per heavy atom. The van der Waals surface area contributed by atoms with E-state index in [-0.39, 0.29) is 33.2 Å². The first-order valence-corrected chi connectivity index (χ1v) is 11.0. The molecule has 12 heteroatoms. The average molecular weight is 509 g/mol. The van der Waals surface area contributed by atoms with Gasteiger partial charge in [-0.2, -0.15) is 13.2 Å². The fraction of sp³-hybridized carbons (Fsp3) is 0.182. The van der Waals surface area contributed by atoms with Crippen LogP contribution in [0.3, 0.4) is 0 Å². The van der Waals surface area contributed by atoms with Crippen molar-refractivity contribution >= 4 is 44.9 Å². The number of aryl methyl sites for hydroxylation is 1. The van der Waals surface area contributed by atoms with Gasteiger partial charge in [0.15, 0.2) is 5.13 Å². The van der Waals surface area contributed by atoms with Crippen LogP contribution in [0.5, 0.6) is 0 Å². The Balaban J connectivity index is 1.60. The molecule has 2 heterocycles. The largest absolute Gasteiger partial charge is 0.416 e. The van der Waals surface area contributed by atoms with Crippen molar-refractivity contribution in [1.82, 2.24) is 14.1 Å². The number of benzene rings is 2. The molecule has 0 aliphatic carbocycles. The molecule has 4 aromatic rings. The topological polar surface area (TPSA) is 86.0 Å². The molecule has 7 nitrogen and oxygen atoms in total. The number of hydrogen-bond acceptors (Lipinski definition) is 5. The van der Waals surface area contributed by atoms with Crippen LogP contribution in [0.2, 0.25) is 5.02 Å². The summed E-state index contributed by atoms with van der Waals surface area (Å²) < 4.78 is 41.4. The summed E-state index contributed by atoms with van der Waals surface area (Å²) in [6.07, 6.45) is -4.71. The monoisotopic (exact) mass is 508 g/mol. The van der Waals surface area contributed by atoms with Crippen molar-refractivity contribution in [2.24, 2.45) is 14.1 Å². The number of rotatable bonds is 4. The smallest absolute Gasteiger partial charge is 0.302 e. The van der Waals surface area contributed by atoms with Gasteiger partial charge in [-0.25, -0.2) is 9.78 Å². The van der Waals surface area contributed by atoms with Gasteiger partial charge in [-0.3, -0.25) is 18.7 Å². The summed E-state index contributed by atoms with van der Waals surface area (Å²) in [6, 6.07) is 7.80. The maximum Gasteiger partial charge on any atom is 0.416 e. The number of nitrogens with zero attached hydrogens (tertiary/aromatic N) is 3. The first-order chi connectivity index (χ1) is 16.0. The van der Waals surface area contributed by atoms with Gasteiger partial charge in [0, 0.05) is 25.0 Å². The van der Waals surface area contributed by atoms with Crippen LogP contribution in [0.25, 0.3) is 22.2 Å². The third-order valence-electron chi connectivity index (χ3n) is 5.25. The van der Waals surface area contributed by atoms with E-state index in [1.165, 1.54) is 24.0 Å². The molecule has 0 atom stereocenters. The summed E-state index contributed by atoms with van der Waals surface area (Å²) in [5.74, 6) is -0.487. The van der Waals surface area contributed by atoms with Gasteiger partial charge in [-0.05, 0) is 29.8 Å². The molecule has 0 unspecified atom stereocenters. The number of aromatic nitrogens is 3. The summed E-state index contributed by atoms with van der Waals surface area (Å²) in [5.41, 5.74) is -0.771. The first-order valence-electron chi connectivity index (χ1n) is 9.77. The SMILES string of the molecule is Cn1c(=O)c2c(CC(=O)Nc3nc(-c4cc(C(F)(F)F)ccc4Cl)cs3)cccc2n(C)c1=O. The first kappa shape index (κ1) is 23.7. The molecule has 4 rings (SSSR count). The molecule has 0 aliphatic rings. The van der Waals surface area contributed by atoms with E-state index in [9.17, 15) is 27.6 Å². The molecular formula is C22H16ClF3N4O3S. The van der Waals surface area contributed by atoms with Gasteiger partial charge < -0.3 is 5.32 Å². The average Bonchev–Trinajstić information content (AvgIpc) is 3.23. The molecule has 2 aromatic heterocycles. The number of halogens is 4. The van der Waals surface area contributed by atoms with Gasteiger partial charge in [0.1, 0.15) is 0 Å². The van der Waals surface area contributed by atoms with Gasteiger partial charge in [0.2, 0.25) is 5.91 Å². The van der Waals surface area contributed by atoms with Crippen molar-refractivity contribution in [2.75, 3.05) is 5.32 Å². The Labute approximate surface area is 199 Å². The lowest BCUT2D eigenvalue weighted by molar-refractivity contribution is -0.137. The van der Waals surface area contributed by atoms with Crippen molar-refractivity contribution in [1.29, 1.82) is 0 Å². The van der Waals surface area contributed by atoms with E-state index in [1.807, 2.05) is 0 Å². The Morgan fingerprint density at radius 3 is 2.59 bits per heavy atom. The van der Waals surface area contributed by atoms with E-state index >= 15 is 0 Å². The van der Waals surface area contributed by atoms with E-state index in [2.05, 4.69) is 10.3 Å². The van der Waals surface area contributed by atoms with Crippen LogP contribution in [0.1, 0.15) is 11.1 Å². The highest BCUT2D eigenvalue weighted by Crippen LogP contribution is 2.36. The van der Waals surface area contributed by atoms with Crippen LogP contribution in [0.4, 0.5) is 18.3 Å². The van der Waals surface area contributed by atoms with Gasteiger partial charge in [0.25, 0.3) is 5.56 Å². The highest BCUT2D eigenvalue weighted by atomic mass is 35.5. The van der Waals surface area contributed by atoms with Gasteiger partial charge in [0.05, 0.1) is 33.6 Å². The number of thiazole rings is 1. The molecule has 2 aromatic carbocycles. The van der Waals surface area contributed by atoms with E-state index in [0.29, 0.717) is 11.1 Å². The van der Waals surface area contributed by atoms with Crippen LogP contribution >= 0.6 is 22.9 Å². The molecule has 1 amide bonds. The van der Waals surface area contributed by atoms with Crippen LogP contribution < -0.4 is 16.6 Å². The molecule has 0 spiro atoms. The van der Waals surface area contributed by atoms with Gasteiger partial charge in [-0.15, -0.1) is 11.3 Å². The molecule has 0 saturated heterocycles. The summed E-state index contributed by atoms with van der Waals surface area (Å²) in [4.78, 5) is 41.7. The fourth-order valence-electron chi connectivity index (χ4n) is 3.53. The summed E-state index contributed by atoms with van der Waals surface area (Å²) in [7, 11) is 2.89. The third-order valence-corrected chi connectivity index (χ3v) is 6.34. The minimum absolute atomic E-state index is 0.0895. The second-order valence-corrected chi connectivity index (χ2v) is 8.74. The van der Waals surface area contributed by atoms with Gasteiger partial charge in [-0.1, -0.05) is 23.7 Å². The molecule has 176 valence electrons. The van der Waals surface area contributed by atoms with E-state index in [0.717, 1.165) is 34.1 Å². The molecule has 0 aliphatic heterocycles. The molecule has 0 fully saturated rings. The summed E-state index contributed by atoms with van der Waals surface area (Å²) in [5, 5.41) is 4.58. The normalized spacial score (nSPS) is 11.7. The lowest BCUT2D eigenvalue weighted by Crippen LogP contribution is -2.37. The number of carbonyl (C=O) groups excluding carboxylic acids is 1. The van der Waals surface area contributed by atoms with Crippen molar-refractivity contribution in [3.63, 3.8) is 0 Å².